The van der Waals surface area contributed by atoms with Gasteiger partial charge in [0.05, 0.1) is 11.4 Å². The molecule has 7 nitrogen and oxygen atoms in total. The molecule has 1 N–H and O–H groups in total. The van der Waals surface area contributed by atoms with Crippen molar-refractivity contribution in [2.24, 2.45) is 5.92 Å². The van der Waals surface area contributed by atoms with Crippen LogP contribution < -0.4 is 4.90 Å². The number of nitrogens with zero attached hydrogens (tertiary/aromatic N) is 5. The Bertz CT molecular complexity index is 697. The van der Waals surface area contributed by atoms with Gasteiger partial charge in [0.15, 0.2) is 0 Å². The van der Waals surface area contributed by atoms with Crippen molar-refractivity contribution in [2.75, 3.05) is 39.1 Å². The molecule has 7 heteroatoms. The van der Waals surface area contributed by atoms with Gasteiger partial charge in [0.2, 0.25) is 0 Å². The van der Waals surface area contributed by atoms with E-state index in [2.05, 4.69) is 33.8 Å². The van der Waals surface area contributed by atoms with Crippen LogP contribution in [0.25, 0.3) is 11.0 Å². The number of urea groups is 1. The first-order chi connectivity index (χ1) is 11.0. The number of likely N-dealkylation sites (tertiary alicyclic amines) is 1. The first-order valence-corrected chi connectivity index (χ1v) is 7.96. The maximum Gasteiger partial charge on any atom is 0.319 e. The van der Waals surface area contributed by atoms with Crippen LogP contribution in [0.3, 0.4) is 0 Å². The Morgan fingerprint density at radius 2 is 2.13 bits per heavy atom. The van der Waals surface area contributed by atoms with Gasteiger partial charge in [-0.3, -0.25) is 0 Å². The summed E-state index contributed by atoms with van der Waals surface area (Å²) in [4.78, 5) is 29.9. The topological polar surface area (TPSA) is 68.4 Å². The van der Waals surface area contributed by atoms with Gasteiger partial charge < -0.3 is 19.7 Å². The molecule has 124 valence electrons. The molecule has 1 aliphatic rings. The Balaban J connectivity index is 1.86. The van der Waals surface area contributed by atoms with Gasteiger partial charge in [-0.05, 0) is 18.4 Å². The number of amides is 2. The minimum absolute atomic E-state index is 0.0739. The molecule has 3 rings (SSSR count). The molecule has 3 heterocycles. The summed E-state index contributed by atoms with van der Waals surface area (Å²) in [6.07, 6.45) is 4.46. The third-order valence-electron chi connectivity index (χ3n) is 4.74. The Kier molecular flexibility index (Phi) is 4.11. The number of aromatic amines is 1. The molecule has 0 spiro atoms. The van der Waals surface area contributed by atoms with Crippen molar-refractivity contribution in [2.45, 2.75) is 19.4 Å². The fourth-order valence-electron chi connectivity index (χ4n) is 3.31. The average Bonchev–Trinajstić information content (AvgIpc) is 3.02. The summed E-state index contributed by atoms with van der Waals surface area (Å²) >= 11 is 0. The number of anilines is 1. The lowest BCUT2D eigenvalue weighted by atomic mass is 9.92. The highest BCUT2D eigenvalue weighted by Crippen LogP contribution is 2.28. The molecular weight excluding hydrogens is 292 g/mol. The number of hydrogen-bond donors (Lipinski definition) is 1. The molecule has 0 aromatic carbocycles. The first-order valence-electron chi connectivity index (χ1n) is 7.96. The average molecular weight is 316 g/mol. The quantitative estimate of drug-likeness (QED) is 0.917. The van der Waals surface area contributed by atoms with Gasteiger partial charge in [-0.15, -0.1) is 0 Å². The van der Waals surface area contributed by atoms with E-state index in [-0.39, 0.29) is 12.1 Å². The van der Waals surface area contributed by atoms with Crippen LogP contribution in [-0.4, -0.2) is 71.1 Å². The van der Waals surface area contributed by atoms with E-state index in [1.165, 1.54) is 0 Å². The Morgan fingerprint density at radius 1 is 1.35 bits per heavy atom. The number of hydrogen-bond acceptors (Lipinski definition) is 4. The fraction of sp³-hybridized carbons (Fsp3) is 0.562. The van der Waals surface area contributed by atoms with E-state index in [1.54, 1.807) is 25.3 Å². The fourth-order valence-corrected chi connectivity index (χ4v) is 3.31. The summed E-state index contributed by atoms with van der Waals surface area (Å²) in [5, 5.41) is 1.01. The van der Waals surface area contributed by atoms with Crippen molar-refractivity contribution in [3.63, 3.8) is 0 Å². The van der Waals surface area contributed by atoms with E-state index in [0.717, 1.165) is 29.8 Å². The van der Waals surface area contributed by atoms with Crippen LogP contribution in [0.5, 0.6) is 0 Å². The highest BCUT2D eigenvalue weighted by molar-refractivity contribution is 5.87. The number of rotatable bonds is 2. The summed E-state index contributed by atoms with van der Waals surface area (Å²) in [6, 6.07) is 2.31. The smallest absolute Gasteiger partial charge is 0.319 e. The summed E-state index contributed by atoms with van der Waals surface area (Å²) in [6.45, 7) is 3.77. The van der Waals surface area contributed by atoms with Gasteiger partial charge >= 0.3 is 6.03 Å². The SMILES string of the molecule is C[C@@H]1CCN(C(=O)N(C)C)C[C@H]1N(C)c1ncnc2[nH]ccc12. The van der Waals surface area contributed by atoms with Crippen LogP contribution in [0.4, 0.5) is 10.6 Å². The molecule has 1 saturated heterocycles. The molecule has 0 saturated carbocycles. The number of likely N-dealkylation sites (N-methyl/N-ethyl adjacent to an activating group) is 1. The largest absolute Gasteiger partial charge is 0.354 e. The predicted molar refractivity (Wildman–Crippen MR) is 90.5 cm³/mol. The Labute approximate surface area is 136 Å². The zero-order valence-electron chi connectivity index (χ0n) is 14.2. The zero-order valence-corrected chi connectivity index (χ0v) is 14.2. The van der Waals surface area contributed by atoms with Crippen molar-refractivity contribution >= 4 is 22.9 Å². The Hall–Kier alpha value is -2.31. The molecule has 2 amide bonds. The lowest BCUT2D eigenvalue weighted by molar-refractivity contribution is 0.140. The lowest BCUT2D eigenvalue weighted by Crippen LogP contribution is -2.54. The molecule has 2 aromatic heterocycles. The number of carbonyl (C=O) groups excluding carboxylic acids is 1. The predicted octanol–water partition coefficient (Wildman–Crippen LogP) is 1.79. The highest BCUT2D eigenvalue weighted by Gasteiger charge is 2.33. The summed E-state index contributed by atoms with van der Waals surface area (Å²) in [5.74, 6) is 1.41. The number of H-pyrrole nitrogens is 1. The molecule has 23 heavy (non-hydrogen) atoms. The molecule has 0 unspecified atom stereocenters. The van der Waals surface area contributed by atoms with E-state index < -0.39 is 0 Å². The van der Waals surface area contributed by atoms with Gasteiger partial charge in [-0.1, -0.05) is 6.92 Å². The minimum atomic E-state index is 0.0739. The minimum Gasteiger partial charge on any atom is -0.354 e. The molecule has 1 fully saturated rings. The van der Waals surface area contributed by atoms with Crippen molar-refractivity contribution in [3.05, 3.63) is 18.6 Å². The van der Waals surface area contributed by atoms with Gasteiger partial charge in [-0.2, -0.15) is 0 Å². The van der Waals surface area contributed by atoms with E-state index in [9.17, 15) is 4.79 Å². The van der Waals surface area contributed by atoms with Crippen molar-refractivity contribution < 1.29 is 4.79 Å². The van der Waals surface area contributed by atoms with Gasteiger partial charge in [0.1, 0.15) is 17.8 Å². The number of carbonyl (C=O) groups is 1. The van der Waals surface area contributed by atoms with Crippen LogP contribution >= 0.6 is 0 Å². The standard InChI is InChI=1S/C16H24N6O/c1-11-6-8-22(16(23)20(2)3)9-13(11)21(4)15-12-5-7-17-14(12)18-10-19-15/h5,7,10-11,13H,6,8-9H2,1-4H3,(H,17,18,19)/t11-,13-/m1/s1. The number of fused-ring (bicyclic) bond motifs is 1. The van der Waals surface area contributed by atoms with Crippen LogP contribution in [-0.2, 0) is 0 Å². The van der Waals surface area contributed by atoms with Crippen molar-refractivity contribution in [1.82, 2.24) is 24.8 Å². The normalized spacial score (nSPS) is 21.5. The first kappa shape index (κ1) is 15.6. The van der Waals surface area contributed by atoms with E-state index in [0.29, 0.717) is 12.5 Å². The van der Waals surface area contributed by atoms with Crippen molar-refractivity contribution in [3.8, 4) is 0 Å². The second-order valence-electron chi connectivity index (χ2n) is 6.50. The maximum atomic E-state index is 12.3. The number of piperidine rings is 1. The van der Waals surface area contributed by atoms with E-state index >= 15 is 0 Å². The van der Waals surface area contributed by atoms with Gasteiger partial charge in [0, 0.05) is 40.4 Å². The third-order valence-corrected chi connectivity index (χ3v) is 4.74. The maximum absolute atomic E-state index is 12.3. The van der Waals surface area contributed by atoms with Gasteiger partial charge in [0.25, 0.3) is 0 Å². The van der Waals surface area contributed by atoms with E-state index in [4.69, 9.17) is 0 Å². The number of nitrogens with one attached hydrogen (secondary N) is 1. The summed E-state index contributed by atoms with van der Waals surface area (Å²) in [5.41, 5.74) is 0.839. The molecule has 0 bridgehead atoms. The van der Waals surface area contributed by atoms with Crippen LogP contribution in [0.2, 0.25) is 0 Å². The van der Waals surface area contributed by atoms with Crippen LogP contribution in [0.1, 0.15) is 13.3 Å². The van der Waals surface area contributed by atoms with Crippen LogP contribution in [0, 0.1) is 5.92 Å². The Morgan fingerprint density at radius 3 is 2.87 bits per heavy atom. The van der Waals surface area contributed by atoms with Gasteiger partial charge in [-0.25, -0.2) is 14.8 Å². The second-order valence-corrected chi connectivity index (χ2v) is 6.50. The third kappa shape index (κ3) is 2.83. The molecule has 2 aromatic rings. The molecule has 1 aliphatic heterocycles. The highest BCUT2D eigenvalue weighted by atomic mass is 16.2. The van der Waals surface area contributed by atoms with E-state index in [1.807, 2.05) is 17.2 Å². The molecule has 0 aliphatic carbocycles. The second kappa shape index (κ2) is 6.06. The lowest BCUT2D eigenvalue weighted by Gasteiger charge is -2.42. The summed E-state index contributed by atoms with van der Waals surface area (Å²) < 4.78 is 0. The monoisotopic (exact) mass is 316 g/mol. The molecular formula is C16H24N6O. The molecule has 0 radical (unpaired) electrons. The number of aromatic nitrogens is 3. The zero-order chi connectivity index (χ0) is 16.6. The van der Waals surface area contributed by atoms with Crippen molar-refractivity contribution in [1.29, 1.82) is 0 Å². The molecule has 2 atom stereocenters. The van der Waals surface area contributed by atoms with Crippen LogP contribution in [0.15, 0.2) is 18.6 Å². The summed E-state index contributed by atoms with van der Waals surface area (Å²) in [7, 11) is 5.65.